The summed E-state index contributed by atoms with van der Waals surface area (Å²) >= 11 is 0. The van der Waals surface area contributed by atoms with Crippen LogP contribution in [0.2, 0.25) is 0 Å². The van der Waals surface area contributed by atoms with Crippen molar-refractivity contribution in [3.8, 4) is 0 Å². The second-order valence-corrected chi connectivity index (χ2v) is 7.75. The maximum atomic E-state index is 12.5. The van der Waals surface area contributed by atoms with Gasteiger partial charge in [0, 0.05) is 24.3 Å². The molecule has 1 aromatic carbocycles. The van der Waals surface area contributed by atoms with Gasteiger partial charge in [0.15, 0.2) is 0 Å². The first kappa shape index (κ1) is 16.3. The van der Waals surface area contributed by atoms with Crippen molar-refractivity contribution in [2.75, 3.05) is 18.9 Å². The minimum Gasteiger partial charge on any atom is -0.398 e. The zero-order valence-electron chi connectivity index (χ0n) is 12.4. The number of aliphatic hydroxyl groups excluding tert-OH is 1. The monoisotopic (exact) mass is 312 g/mol. The zero-order valence-corrected chi connectivity index (χ0v) is 13.2. The summed E-state index contributed by atoms with van der Waals surface area (Å²) in [7, 11) is -3.60. The van der Waals surface area contributed by atoms with E-state index in [1.54, 1.807) is 25.1 Å². The van der Waals surface area contributed by atoms with Gasteiger partial charge in [-0.25, -0.2) is 13.1 Å². The molecule has 1 fully saturated rings. The van der Waals surface area contributed by atoms with Gasteiger partial charge in [-0.05, 0) is 37.5 Å². The molecule has 1 aliphatic carbocycles. The summed E-state index contributed by atoms with van der Waals surface area (Å²) < 4.78 is 27.6. The van der Waals surface area contributed by atoms with Gasteiger partial charge in [-0.15, -0.1) is 0 Å². The Morgan fingerprint density at radius 2 is 1.95 bits per heavy atom. The molecule has 1 aliphatic rings. The molecule has 1 aromatic rings. The van der Waals surface area contributed by atoms with Gasteiger partial charge >= 0.3 is 0 Å². The predicted octanol–water partition coefficient (Wildman–Crippen LogP) is 1.80. The van der Waals surface area contributed by atoms with E-state index < -0.39 is 10.0 Å². The highest BCUT2D eigenvalue weighted by molar-refractivity contribution is 7.89. The first-order valence-corrected chi connectivity index (χ1v) is 8.84. The van der Waals surface area contributed by atoms with Crippen LogP contribution in [0.25, 0.3) is 0 Å². The number of aliphatic hydroxyl groups is 1. The SMILES string of the molecule is Cc1c(N)cccc1S(=O)(=O)NCC1(CO)CCCCC1. The number of benzene rings is 1. The number of anilines is 1. The number of hydrogen-bond donors (Lipinski definition) is 3. The molecule has 21 heavy (non-hydrogen) atoms. The van der Waals surface area contributed by atoms with Crippen LogP contribution in [0.3, 0.4) is 0 Å². The molecule has 5 nitrogen and oxygen atoms in total. The van der Waals surface area contributed by atoms with E-state index in [2.05, 4.69) is 4.72 Å². The van der Waals surface area contributed by atoms with Gasteiger partial charge in [0.25, 0.3) is 0 Å². The lowest BCUT2D eigenvalue weighted by Gasteiger charge is -2.35. The fraction of sp³-hybridized carbons (Fsp3) is 0.600. The van der Waals surface area contributed by atoms with Crippen LogP contribution in [0, 0.1) is 12.3 Å². The third-order valence-electron chi connectivity index (χ3n) is 4.50. The number of rotatable bonds is 5. The molecule has 0 heterocycles. The molecule has 0 radical (unpaired) electrons. The summed E-state index contributed by atoms with van der Waals surface area (Å²) in [5.74, 6) is 0. The van der Waals surface area contributed by atoms with Crippen LogP contribution in [-0.4, -0.2) is 26.7 Å². The molecule has 0 amide bonds. The Bertz CT molecular complexity index is 593. The number of nitrogen functional groups attached to an aromatic ring is 1. The van der Waals surface area contributed by atoms with E-state index in [-0.39, 0.29) is 23.5 Å². The van der Waals surface area contributed by atoms with E-state index in [0.29, 0.717) is 11.3 Å². The minimum absolute atomic E-state index is 0.0193. The molecule has 1 saturated carbocycles. The van der Waals surface area contributed by atoms with E-state index in [0.717, 1.165) is 32.1 Å². The van der Waals surface area contributed by atoms with Crippen LogP contribution in [0.1, 0.15) is 37.7 Å². The van der Waals surface area contributed by atoms with Gasteiger partial charge < -0.3 is 10.8 Å². The predicted molar refractivity (Wildman–Crippen MR) is 83.4 cm³/mol. The Hall–Kier alpha value is -1.11. The summed E-state index contributed by atoms with van der Waals surface area (Å²) in [5, 5.41) is 9.65. The molecule has 2 rings (SSSR count). The van der Waals surface area contributed by atoms with E-state index in [4.69, 9.17) is 5.73 Å². The van der Waals surface area contributed by atoms with Crippen molar-refractivity contribution in [3.63, 3.8) is 0 Å². The van der Waals surface area contributed by atoms with Gasteiger partial charge in [0.1, 0.15) is 0 Å². The standard InChI is InChI=1S/C15H24N2O3S/c1-12-13(16)6-5-7-14(12)21(19,20)17-10-15(11-18)8-3-2-4-9-15/h5-7,17-18H,2-4,8-11,16H2,1H3. The molecule has 4 N–H and O–H groups in total. The van der Waals surface area contributed by atoms with Crippen LogP contribution < -0.4 is 10.5 Å². The highest BCUT2D eigenvalue weighted by Gasteiger charge is 2.33. The Kier molecular flexibility index (Phi) is 4.91. The van der Waals surface area contributed by atoms with Crippen molar-refractivity contribution in [2.45, 2.75) is 43.9 Å². The van der Waals surface area contributed by atoms with E-state index >= 15 is 0 Å². The second kappa shape index (κ2) is 6.34. The number of nitrogens with one attached hydrogen (secondary N) is 1. The zero-order chi connectivity index (χ0) is 15.5. The van der Waals surface area contributed by atoms with Gasteiger partial charge in [-0.2, -0.15) is 0 Å². The summed E-state index contributed by atoms with van der Waals surface area (Å²) in [4.78, 5) is 0.214. The van der Waals surface area contributed by atoms with Gasteiger partial charge in [-0.3, -0.25) is 0 Å². The smallest absolute Gasteiger partial charge is 0.240 e. The summed E-state index contributed by atoms with van der Waals surface area (Å²) in [6.07, 6.45) is 4.96. The number of nitrogens with two attached hydrogens (primary N) is 1. The van der Waals surface area contributed by atoms with E-state index in [1.807, 2.05) is 0 Å². The van der Waals surface area contributed by atoms with Gasteiger partial charge in [0.2, 0.25) is 10.0 Å². The quantitative estimate of drug-likeness (QED) is 0.723. The fourth-order valence-electron chi connectivity index (χ4n) is 2.94. The van der Waals surface area contributed by atoms with Crippen LogP contribution in [0.4, 0.5) is 5.69 Å². The van der Waals surface area contributed by atoms with E-state index in [9.17, 15) is 13.5 Å². The third-order valence-corrected chi connectivity index (χ3v) is 6.05. The maximum absolute atomic E-state index is 12.5. The van der Waals surface area contributed by atoms with Crippen LogP contribution >= 0.6 is 0 Å². The molecular weight excluding hydrogens is 288 g/mol. The Morgan fingerprint density at radius 1 is 1.29 bits per heavy atom. The Labute approximate surface area is 126 Å². The van der Waals surface area contributed by atoms with Crippen molar-refractivity contribution in [2.24, 2.45) is 5.41 Å². The Balaban J connectivity index is 2.16. The third kappa shape index (κ3) is 3.56. The highest BCUT2D eigenvalue weighted by atomic mass is 32.2. The topological polar surface area (TPSA) is 92.4 Å². The largest absolute Gasteiger partial charge is 0.398 e. The van der Waals surface area contributed by atoms with Crippen LogP contribution in [0.5, 0.6) is 0 Å². The first-order chi connectivity index (χ1) is 9.90. The van der Waals surface area contributed by atoms with Gasteiger partial charge in [-0.1, -0.05) is 25.3 Å². The lowest BCUT2D eigenvalue weighted by Crippen LogP contribution is -2.41. The molecule has 0 atom stereocenters. The van der Waals surface area contributed by atoms with Crippen molar-refractivity contribution < 1.29 is 13.5 Å². The summed E-state index contributed by atoms with van der Waals surface area (Å²) in [6.45, 7) is 2.00. The number of sulfonamides is 1. The fourth-order valence-corrected chi connectivity index (χ4v) is 4.37. The average Bonchev–Trinajstić information content (AvgIpc) is 2.49. The maximum Gasteiger partial charge on any atom is 0.240 e. The molecule has 0 spiro atoms. The molecule has 0 saturated heterocycles. The molecule has 6 heteroatoms. The molecular formula is C15H24N2O3S. The molecule has 0 unspecified atom stereocenters. The number of hydrogen-bond acceptors (Lipinski definition) is 4. The average molecular weight is 312 g/mol. The molecule has 0 aliphatic heterocycles. The Morgan fingerprint density at radius 3 is 2.57 bits per heavy atom. The van der Waals surface area contributed by atoms with Crippen molar-refractivity contribution >= 4 is 15.7 Å². The van der Waals surface area contributed by atoms with Crippen LogP contribution in [0.15, 0.2) is 23.1 Å². The summed E-state index contributed by atoms with van der Waals surface area (Å²) in [5.41, 5.74) is 6.48. The van der Waals surface area contributed by atoms with Crippen molar-refractivity contribution in [1.29, 1.82) is 0 Å². The highest BCUT2D eigenvalue weighted by Crippen LogP contribution is 2.35. The molecule has 0 bridgehead atoms. The van der Waals surface area contributed by atoms with Gasteiger partial charge in [0.05, 0.1) is 4.90 Å². The van der Waals surface area contributed by atoms with E-state index in [1.165, 1.54) is 0 Å². The molecule has 0 aromatic heterocycles. The minimum atomic E-state index is -3.60. The molecule has 118 valence electrons. The second-order valence-electron chi connectivity index (χ2n) is 6.01. The van der Waals surface area contributed by atoms with Crippen molar-refractivity contribution in [3.05, 3.63) is 23.8 Å². The summed E-state index contributed by atoms with van der Waals surface area (Å²) in [6, 6.07) is 4.88. The first-order valence-electron chi connectivity index (χ1n) is 7.36. The normalized spacial score (nSPS) is 18.6. The van der Waals surface area contributed by atoms with Crippen LogP contribution in [-0.2, 0) is 10.0 Å². The lowest BCUT2D eigenvalue weighted by molar-refractivity contribution is 0.0867. The lowest BCUT2D eigenvalue weighted by atomic mass is 9.75. The van der Waals surface area contributed by atoms with Crippen molar-refractivity contribution in [1.82, 2.24) is 4.72 Å².